The van der Waals surface area contributed by atoms with Crippen LogP contribution in [0.25, 0.3) is 0 Å². The molecule has 0 aliphatic rings. The van der Waals surface area contributed by atoms with E-state index in [0.717, 1.165) is 6.07 Å². The predicted molar refractivity (Wildman–Crippen MR) is 77.1 cm³/mol. The number of para-hydroxylation sites is 1. The fourth-order valence-corrected chi connectivity index (χ4v) is 1.75. The molecule has 0 aliphatic carbocycles. The highest BCUT2D eigenvalue weighted by Gasteiger charge is 2.32. The summed E-state index contributed by atoms with van der Waals surface area (Å²) in [5.74, 6) is -2.44. The lowest BCUT2D eigenvalue weighted by Crippen LogP contribution is -2.52. The van der Waals surface area contributed by atoms with Gasteiger partial charge in [0.05, 0.1) is 12.5 Å². The maximum atomic E-state index is 12.3. The third kappa shape index (κ3) is 6.84. The van der Waals surface area contributed by atoms with E-state index < -0.39 is 42.5 Å². The minimum absolute atomic E-state index is 0. The molecule has 1 aromatic carbocycles. The summed E-state index contributed by atoms with van der Waals surface area (Å²) >= 11 is 0. The zero-order valence-corrected chi connectivity index (χ0v) is 11.9. The lowest BCUT2D eigenvalue weighted by molar-refractivity contribution is -0.274. The highest BCUT2D eigenvalue weighted by atomic mass is 19.4. The number of amides is 2. The standard InChI is InChI=1S/C13H15F3N2O5.CH4/c1-7(19)11(12(21)18-22)17-10(20)6-8-4-2-3-5-9(8)23-13(14,15)16;/h2-5,7,11,19,22H,6H2,1H3,(H,17,20)(H,18,21);1H4/t7-,11+;/m1./s1. The molecule has 0 fully saturated rings. The van der Waals surface area contributed by atoms with E-state index in [2.05, 4.69) is 10.1 Å². The van der Waals surface area contributed by atoms with Crippen molar-refractivity contribution >= 4 is 11.8 Å². The summed E-state index contributed by atoms with van der Waals surface area (Å²) in [5.41, 5.74) is 1.21. The van der Waals surface area contributed by atoms with Gasteiger partial charge in [-0.15, -0.1) is 13.2 Å². The van der Waals surface area contributed by atoms with Gasteiger partial charge in [-0.1, -0.05) is 25.6 Å². The van der Waals surface area contributed by atoms with Gasteiger partial charge in [0.15, 0.2) is 0 Å². The first-order chi connectivity index (χ1) is 10.6. The smallest absolute Gasteiger partial charge is 0.405 e. The van der Waals surface area contributed by atoms with Gasteiger partial charge >= 0.3 is 6.36 Å². The number of rotatable bonds is 6. The molecule has 0 saturated carbocycles. The van der Waals surface area contributed by atoms with Crippen LogP contribution in [-0.2, 0) is 16.0 Å². The maximum Gasteiger partial charge on any atom is 0.573 e. The van der Waals surface area contributed by atoms with Crippen LogP contribution in [0.1, 0.15) is 19.9 Å². The number of aliphatic hydroxyl groups excluding tert-OH is 1. The fourth-order valence-electron chi connectivity index (χ4n) is 1.75. The van der Waals surface area contributed by atoms with Crippen LogP contribution in [0.3, 0.4) is 0 Å². The van der Waals surface area contributed by atoms with E-state index in [-0.39, 0.29) is 13.0 Å². The van der Waals surface area contributed by atoms with Crippen LogP contribution in [0.4, 0.5) is 13.2 Å². The third-order valence-corrected chi connectivity index (χ3v) is 2.74. The fraction of sp³-hybridized carbons (Fsp3) is 0.429. The molecule has 0 spiro atoms. The molecule has 2 amide bonds. The van der Waals surface area contributed by atoms with Crippen LogP contribution >= 0.6 is 0 Å². The highest BCUT2D eigenvalue weighted by molar-refractivity contribution is 5.88. The molecule has 1 aromatic rings. The number of hydrogen-bond acceptors (Lipinski definition) is 5. The molecular weight excluding hydrogens is 333 g/mol. The molecule has 10 heteroatoms. The molecule has 0 saturated heterocycles. The van der Waals surface area contributed by atoms with E-state index in [1.807, 2.05) is 0 Å². The Bertz CT molecular complexity index is 564. The van der Waals surface area contributed by atoms with Gasteiger partial charge in [-0.2, -0.15) is 0 Å². The van der Waals surface area contributed by atoms with Crippen LogP contribution in [0.2, 0.25) is 0 Å². The molecule has 0 heterocycles. The Hall–Kier alpha value is -2.33. The van der Waals surface area contributed by atoms with Crippen LogP contribution < -0.4 is 15.5 Å². The lowest BCUT2D eigenvalue weighted by atomic mass is 10.1. The average Bonchev–Trinajstić information content (AvgIpc) is 2.44. The number of halogens is 3. The van der Waals surface area contributed by atoms with Crippen molar-refractivity contribution in [1.82, 2.24) is 10.8 Å². The van der Waals surface area contributed by atoms with Crippen molar-refractivity contribution in [3.63, 3.8) is 0 Å². The first-order valence-corrected chi connectivity index (χ1v) is 6.39. The van der Waals surface area contributed by atoms with E-state index in [9.17, 15) is 27.9 Å². The van der Waals surface area contributed by atoms with Crippen molar-refractivity contribution in [1.29, 1.82) is 0 Å². The number of hydroxylamine groups is 1. The summed E-state index contributed by atoms with van der Waals surface area (Å²) in [7, 11) is 0. The number of nitrogens with one attached hydrogen (secondary N) is 2. The normalized spacial score (nSPS) is 13.2. The van der Waals surface area contributed by atoms with E-state index >= 15 is 0 Å². The van der Waals surface area contributed by atoms with Gasteiger partial charge < -0.3 is 15.2 Å². The van der Waals surface area contributed by atoms with Gasteiger partial charge in [0.2, 0.25) is 5.91 Å². The predicted octanol–water partition coefficient (Wildman–Crippen LogP) is 1.13. The summed E-state index contributed by atoms with van der Waals surface area (Å²) < 4.78 is 40.7. The Balaban J connectivity index is 0.00000529. The van der Waals surface area contributed by atoms with Crippen molar-refractivity contribution in [2.24, 2.45) is 0 Å². The molecule has 0 bridgehead atoms. The van der Waals surface area contributed by atoms with Crippen LogP contribution in [0.5, 0.6) is 5.75 Å². The number of carbonyl (C=O) groups is 2. The van der Waals surface area contributed by atoms with E-state index in [1.165, 1.54) is 30.6 Å². The largest absolute Gasteiger partial charge is 0.573 e. The van der Waals surface area contributed by atoms with Crippen molar-refractivity contribution in [2.75, 3.05) is 0 Å². The second-order valence-corrected chi connectivity index (χ2v) is 4.59. The first kappa shape index (κ1) is 21.7. The zero-order valence-electron chi connectivity index (χ0n) is 11.9. The number of benzene rings is 1. The summed E-state index contributed by atoms with van der Waals surface area (Å²) in [5, 5.41) is 20.0. The minimum atomic E-state index is -4.91. The third-order valence-electron chi connectivity index (χ3n) is 2.74. The molecular formula is C14H19F3N2O5. The second-order valence-electron chi connectivity index (χ2n) is 4.59. The highest BCUT2D eigenvalue weighted by Crippen LogP contribution is 2.26. The lowest BCUT2D eigenvalue weighted by Gasteiger charge is -2.19. The van der Waals surface area contributed by atoms with Gasteiger partial charge in [-0.25, -0.2) is 5.48 Å². The molecule has 0 unspecified atom stereocenters. The quantitative estimate of drug-likeness (QED) is 0.454. The summed E-state index contributed by atoms with van der Waals surface area (Å²) in [6, 6.07) is 3.56. The second kappa shape index (κ2) is 9.08. The molecule has 1 rings (SSSR count). The van der Waals surface area contributed by atoms with Gasteiger partial charge in [-0.05, 0) is 13.0 Å². The monoisotopic (exact) mass is 352 g/mol. The van der Waals surface area contributed by atoms with Crippen molar-refractivity contribution in [3.8, 4) is 5.75 Å². The Kier molecular flexibility index (Phi) is 8.20. The van der Waals surface area contributed by atoms with Crippen LogP contribution in [-0.4, -0.2) is 40.6 Å². The molecule has 0 radical (unpaired) electrons. The van der Waals surface area contributed by atoms with Crippen molar-refractivity contribution < 1.29 is 37.8 Å². The van der Waals surface area contributed by atoms with Gasteiger partial charge in [-0.3, -0.25) is 14.8 Å². The minimum Gasteiger partial charge on any atom is -0.405 e. The Morgan fingerprint density at radius 2 is 1.88 bits per heavy atom. The zero-order chi connectivity index (χ0) is 17.6. The van der Waals surface area contributed by atoms with Crippen molar-refractivity contribution in [2.45, 2.75) is 39.3 Å². The Labute approximate surface area is 136 Å². The van der Waals surface area contributed by atoms with Crippen LogP contribution in [0.15, 0.2) is 24.3 Å². The molecule has 2 atom stereocenters. The van der Waals surface area contributed by atoms with Gasteiger partial charge in [0.25, 0.3) is 5.91 Å². The molecule has 4 N–H and O–H groups in total. The number of alkyl halides is 3. The number of aliphatic hydroxyl groups is 1. The number of hydrogen-bond donors (Lipinski definition) is 4. The van der Waals surface area contributed by atoms with Crippen molar-refractivity contribution in [3.05, 3.63) is 29.8 Å². The van der Waals surface area contributed by atoms with E-state index in [4.69, 9.17) is 5.21 Å². The molecule has 7 nitrogen and oxygen atoms in total. The van der Waals surface area contributed by atoms with Gasteiger partial charge in [0, 0.05) is 5.56 Å². The topological polar surface area (TPSA) is 108 Å². The number of carbonyl (C=O) groups excluding carboxylic acids is 2. The average molecular weight is 352 g/mol. The maximum absolute atomic E-state index is 12.3. The summed E-state index contributed by atoms with van der Waals surface area (Å²) in [6.45, 7) is 1.20. The van der Waals surface area contributed by atoms with E-state index in [1.54, 1.807) is 0 Å². The Morgan fingerprint density at radius 1 is 1.29 bits per heavy atom. The molecule has 136 valence electrons. The summed E-state index contributed by atoms with van der Waals surface area (Å²) in [4.78, 5) is 23.1. The van der Waals surface area contributed by atoms with Gasteiger partial charge in [0.1, 0.15) is 11.8 Å². The molecule has 0 aromatic heterocycles. The molecule has 24 heavy (non-hydrogen) atoms. The number of ether oxygens (including phenoxy) is 1. The van der Waals surface area contributed by atoms with Crippen LogP contribution in [0, 0.1) is 0 Å². The van der Waals surface area contributed by atoms with E-state index in [0.29, 0.717) is 0 Å². The first-order valence-electron chi connectivity index (χ1n) is 6.39. The SMILES string of the molecule is C.C[C@@H](O)[C@H](NC(=O)Cc1ccccc1OC(F)(F)F)C(=O)NO. The molecule has 0 aliphatic heterocycles. The Morgan fingerprint density at radius 3 is 2.38 bits per heavy atom. The summed E-state index contributed by atoms with van der Waals surface area (Å²) in [6.07, 6.45) is -6.76.